The Hall–Kier alpha value is -2.70. The first-order valence-electron chi connectivity index (χ1n) is 9.55. The number of fused-ring (bicyclic) bond motifs is 1. The highest BCUT2D eigenvalue weighted by molar-refractivity contribution is 6.22. The van der Waals surface area contributed by atoms with Gasteiger partial charge in [0, 0.05) is 18.2 Å². The van der Waals surface area contributed by atoms with Gasteiger partial charge in [0.1, 0.15) is 6.04 Å². The summed E-state index contributed by atoms with van der Waals surface area (Å²) in [6, 6.07) is 3.60. The summed E-state index contributed by atoms with van der Waals surface area (Å²) in [5.41, 5.74) is 0.842. The highest BCUT2D eigenvalue weighted by Gasteiger charge is 2.41. The van der Waals surface area contributed by atoms with Gasteiger partial charge in [-0.2, -0.15) is 0 Å². The lowest BCUT2D eigenvalue weighted by Gasteiger charge is -2.29. The van der Waals surface area contributed by atoms with Crippen LogP contribution in [0.4, 0.5) is 0 Å². The van der Waals surface area contributed by atoms with Gasteiger partial charge in [0.25, 0.3) is 17.7 Å². The number of nitrogens with zero attached hydrogens (tertiary/aromatic N) is 2. The first kappa shape index (κ1) is 17.7. The molecule has 3 aliphatic rings. The number of amides is 3. The first-order valence-corrected chi connectivity index (χ1v) is 9.55. The third-order valence-corrected chi connectivity index (χ3v) is 5.90. The monoisotopic (exact) mass is 370 g/mol. The summed E-state index contributed by atoms with van der Waals surface area (Å²) in [5, 5.41) is 9.29. The van der Waals surface area contributed by atoms with Crippen LogP contribution in [0.5, 0.6) is 0 Å². The van der Waals surface area contributed by atoms with Gasteiger partial charge in [0.15, 0.2) is 0 Å². The standard InChI is InChI=1S/C20H22N2O5/c23-17(21-10-4-7-16(21)20(26)27)12-8-9-14-15(11-12)19(25)22(18(14)24)13-5-2-1-3-6-13/h8-9,11,13,16H,1-7,10H2,(H,26,27)/t16-/m1/s1. The molecule has 1 aliphatic carbocycles. The molecule has 0 aromatic heterocycles. The molecule has 1 N–H and O–H groups in total. The summed E-state index contributed by atoms with van der Waals surface area (Å²) >= 11 is 0. The van der Waals surface area contributed by atoms with E-state index >= 15 is 0 Å². The maximum atomic E-state index is 12.9. The average Bonchev–Trinajstić information content (AvgIpc) is 3.26. The summed E-state index contributed by atoms with van der Waals surface area (Å²) in [7, 11) is 0. The topological polar surface area (TPSA) is 95.0 Å². The van der Waals surface area contributed by atoms with E-state index in [2.05, 4.69) is 0 Å². The van der Waals surface area contributed by atoms with E-state index in [9.17, 15) is 24.3 Å². The minimum atomic E-state index is -1.02. The molecule has 0 radical (unpaired) electrons. The van der Waals surface area contributed by atoms with Crippen molar-refractivity contribution < 1.29 is 24.3 Å². The maximum Gasteiger partial charge on any atom is 0.326 e. The van der Waals surface area contributed by atoms with Crippen molar-refractivity contribution in [1.29, 1.82) is 0 Å². The van der Waals surface area contributed by atoms with Gasteiger partial charge in [-0.1, -0.05) is 19.3 Å². The minimum Gasteiger partial charge on any atom is -0.480 e. The van der Waals surface area contributed by atoms with E-state index in [0.717, 1.165) is 32.1 Å². The second-order valence-electron chi connectivity index (χ2n) is 7.53. The summed E-state index contributed by atoms with van der Waals surface area (Å²) in [6.45, 7) is 0.383. The van der Waals surface area contributed by atoms with Gasteiger partial charge in [0.05, 0.1) is 11.1 Å². The Kier molecular flexibility index (Phi) is 4.45. The largest absolute Gasteiger partial charge is 0.480 e. The Morgan fingerprint density at radius 1 is 0.926 bits per heavy atom. The SMILES string of the molecule is O=C(O)[C@H]1CCCN1C(=O)c1ccc2c(c1)C(=O)N(C1CCCCC1)C2=O. The second kappa shape index (κ2) is 6.79. The molecular weight excluding hydrogens is 348 g/mol. The van der Waals surface area contributed by atoms with Gasteiger partial charge in [-0.3, -0.25) is 19.3 Å². The van der Waals surface area contributed by atoms with E-state index < -0.39 is 17.9 Å². The number of benzene rings is 1. The van der Waals surface area contributed by atoms with Crippen LogP contribution < -0.4 is 0 Å². The molecule has 142 valence electrons. The molecule has 7 heteroatoms. The molecule has 0 spiro atoms. The lowest BCUT2D eigenvalue weighted by Crippen LogP contribution is -2.41. The Labute approximate surface area is 156 Å². The number of rotatable bonds is 3. The fraction of sp³-hybridized carbons (Fsp3) is 0.500. The number of carbonyl (C=O) groups excluding carboxylic acids is 3. The van der Waals surface area contributed by atoms with Gasteiger partial charge in [-0.25, -0.2) is 4.79 Å². The highest BCUT2D eigenvalue weighted by atomic mass is 16.4. The van der Waals surface area contributed by atoms with Crippen LogP contribution in [-0.2, 0) is 4.79 Å². The third-order valence-electron chi connectivity index (χ3n) is 5.90. The molecule has 2 aliphatic heterocycles. The van der Waals surface area contributed by atoms with Gasteiger partial charge in [-0.05, 0) is 43.9 Å². The average molecular weight is 370 g/mol. The van der Waals surface area contributed by atoms with Crippen LogP contribution in [0.15, 0.2) is 18.2 Å². The fourth-order valence-electron chi connectivity index (χ4n) is 4.50. The zero-order chi connectivity index (χ0) is 19.1. The van der Waals surface area contributed by atoms with Crippen LogP contribution in [0, 0.1) is 0 Å². The molecule has 2 fully saturated rings. The van der Waals surface area contributed by atoms with Crippen molar-refractivity contribution in [2.75, 3.05) is 6.54 Å². The van der Waals surface area contributed by atoms with Crippen molar-refractivity contribution in [1.82, 2.24) is 9.80 Å². The first-order chi connectivity index (χ1) is 13.0. The van der Waals surface area contributed by atoms with Crippen LogP contribution >= 0.6 is 0 Å². The normalized spacial score (nSPS) is 23.0. The van der Waals surface area contributed by atoms with Crippen molar-refractivity contribution in [3.63, 3.8) is 0 Å². The number of carboxylic acid groups (broad SMARTS) is 1. The predicted molar refractivity (Wildman–Crippen MR) is 95.5 cm³/mol. The lowest BCUT2D eigenvalue weighted by molar-refractivity contribution is -0.141. The van der Waals surface area contributed by atoms with Crippen LogP contribution in [0.1, 0.15) is 76.0 Å². The van der Waals surface area contributed by atoms with Crippen molar-refractivity contribution in [2.24, 2.45) is 0 Å². The molecule has 1 atom stereocenters. The van der Waals surface area contributed by atoms with Crippen molar-refractivity contribution >= 4 is 23.7 Å². The molecule has 0 unspecified atom stereocenters. The quantitative estimate of drug-likeness (QED) is 0.824. The molecular formula is C20H22N2O5. The predicted octanol–water partition coefficient (Wildman–Crippen LogP) is 2.30. The van der Waals surface area contributed by atoms with E-state index in [1.807, 2.05) is 0 Å². The number of likely N-dealkylation sites (tertiary alicyclic amines) is 1. The molecule has 7 nitrogen and oxygen atoms in total. The van der Waals surface area contributed by atoms with E-state index in [0.29, 0.717) is 24.9 Å². The van der Waals surface area contributed by atoms with E-state index in [4.69, 9.17) is 0 Å². The summed E-state index contributed by atoms with van der Waals surface area (Å²) < 4.78 is 0. The molecule has 3 amide bonds. The summed E-state index contributed by atoms with van der Waals surface area (Å²) in [5.74, 6) is -2.05. The Balaban J connectivity index is 1.61. The van der Waals surface area contributed by atoms with E-state index in [1.54, 1.807) is 0 Å². The Bertz CT molecular complexity index is 828. The number of hydrogen-bond acceptors (Lipinski definition) is 4. The Morgan fingerprint density at radius 2 is 1.63 bits per heavy atom. The molecule has 1 saturated heterocycles. The smallest absolute Gasteiger partial charge is 0.326 e. The molecule has 0 bridgehead atoms. The van der Waals surface area contributed by atoms with Gasteiger partial charge in [0.2, 0.25) is 0 Å². The molecule has 2 heterocycles. The van der Waals surface area contributed by atoms with Crippen LogP contribution in [0.3, 0.4) is 0 Å². The second-order valence-corrected chi connectivity index (χ2v) is 7.53. The van der Waals surface area contributed by atoms with Crippen molar-refractivity contribution in [3.05, 3.63) is 34.9 Å². The van der Waals surface area contributed by atoms with Gasteiger partial charge in [-0.15, -0.1) is 0 Å². The maximum absolute atomic E-state index is 12.9. The zero-order valence-electron chi connectivity index (χ0n) is 15.0. The van der Waals surface area contributed by atoms with Crippen LogP contribution in [0.2, 0.25) is 0 Å². The molecule has 1 aromatic carbocycles. The summed E-state index contributed by atoms with van der Waals surface area (Å²) in [6.07, 6.45) is 5.86. The Morgan fingerprint density at radius 3 is 2.33 bits per heavy atom. The number of carboxylic acids is 1. The van der Waals surface area contributed by atoms with Gasteiger partial charge < -0.3 is 10.0 Å². The van der Waals surface area contributed by atoms with E-state index in [-0.39, 0.29) is 29.0 Å². The number of hydrogen-bond donors (Lipinski definition) is 1. The number of imide groups is 1. The number of carbonyl (C=O) groups is 4. The van der Waals surface area contributed by atoms with Crippen LogP contribution in [0.25, 0.3) is 0 Å². The van der Waals surface area contributed by atoms with Crippen molar-refractivity contribution in [3.8, 4) is 0 Å². The van der Waals surface area contributed by atoms with Crippen molar-refractivity contribution in [2.45, 2.75) is 57.0 Å². The zero-order valence-corrected chi connectivity index (χ0v) is 15.0. The third kappa shape index (κ3) is 2.91. The fourth-order valence-corrected chi connectivity index (χ4v) is 4.50. The van der Waals surface area contributed by atoms with Gasteiger partial charge >= 0.3 is 5.97 Å². The van der Waals surface area contributed by atoms with Crippen LogP contribution in [-0.4, -0.2) is 57.2 Å². The molecule has 1 saturated carbocycles. The van der Waals surface area contributed by atoms with E-state index in [1.165, 1.54) is 28.0 Å². The molecule has 27 heavy (non-hydrogen) atoms. The lowest BCUT2D eigenvalue weighted by atomic mass is 9.94. The minimum absolute atomic E-state index is 0.0692. The molecule has 1 aromatic rings. The molecule has 4 rings (SSSR count). The number of aliphatic carboxylic acids is 1. The highest BCUT2D eigenvalue weighted by Crippen LogP contribution is 2.32. The summed E-state index contributed by atoms with van der Waals surface area (Å²) in [4.78, 5) is 52.4.